The number of aryl methyl sites for hydroxylation is 1. The van der Waals surface area contributed by atoms with Crippen molar-refractivity contribution in [3.05, 3.63) is 18.1 Å². The summed E-state index contributed by atoms with van der Waals surface area (Å²) < 4.78 is 7.57. The molecule has 0 radical (unpaired) electrons. The summed E-state index contributed by atoms with van der Waals surface area (Å²) in [5, 5.41) is 7.77. The van der Waals surface area contributed by atoms with Crippen molar-refractivity contribution in [3.8, 4) is 0 Å². The van der Waals surface area contributed by atoms with Crippen LogP contribution in [0.25, 0.3) is 5.78 Å². The van der Waals surface area contributed by atoms with Crippen molar-refractivity contribution in [2.75, 3.05) is 25.0 Å². The molecule has 0 saturated carbocycles. The van der Waals surface area contributed by atoms with Gasteiger partial charge in [-0.2, -0.15) is 14.6 Å². The van der Waals surface area contributed by atoms with E-state index in [0.29, 0.717) is 11.8 Å². The van der Waals surface area contributed by atoms with Gasteiger partial charge >= 0.3 is 0 Å². The molecule has 1 saturated heterocycles. The zero-order valence-corrected chi connectivity index (χ0v) is 14.4. The number of fused-ring (bicyclic) bond motifs is 1. The minimum Gasteiger partial charge on any atom is -0.373 e. The maximum absolute atomic E-state index is 5.81. The van der Waals surface area contributed by atoms with Gasteiger partial charge in [0, 0.05) is 37.4 Å². The van der Waals surface area contributed by atoms with Gasteiger partial charge in [-0.25, -0.2) is 4.98 Å². The Kier molecular flexibility index (Phi) is 4.77. The fraction of sp³-hybridized carbons (Fsp3) is 0.688. The maximum atomic E-state index is 5.81. The summed E-state index contributed by atoms with van der Waals surface area (Å²) in [5.74, 6) is 1.60. The molecule has 0 aromatic carbocycles. The number of rotatable bonds is 5. The van der Waals surface area contributed by atoms with Crippen LogP contribution in [0.1, 0.15) is 33.4 Å². The Morgan fingerprint density at radius 3 is 2.78 bits per heavy atom. The highest BCUT2D eigenvalue weighted by Crippen LogP contribution is 2.15. The van der Waals surface area contributed by atoms with Crippen molar-refractivity contribution >= 4 is 11.6 Å². The zero-order chi connectivity index (χ0) is 16.4. The van der Waals surface area contributed by atoms with Gasteiger partial charge in [-0.05, 0) is 27.2 Å². The molecule has 3 rings (SSSR count). The first-order valence-electron chi connectivity index (χ1n) is 8.39. The number of hydrogen-bond acceptors (Lipinski definition) is 6. The fourth-order valence-electron chi connectivity index (χ4n) is 3.13. The number of anilines is 1. The Bertz CT molecular complexity index is 647. The molecule has 3 atom stereocenters. The van der Waals surface area contributed by atoms with E-state index in [1.807, 2.05) is 0 Å². The standard InChI is InChI=1S/C16H26N6O/c1-5-14-6-15(22-16(20-14)18-10-19-22)17-7-11(2)21-8-12(3)23-13(4)9-21/h6,10-13,17H,5,7-9H2,1-4H3/t11-,12-,13-/m0/s1. The normalized spacial score (nSPS) is 24.0. The van der Waals surface area contributed by atoms with Crippen molar-refractivity contribution in [2.45, 2.75) is 52.4 Å². The molecule has 0 amide bonds. The van der Waals surface area contributed by atoms with Crippen LogP contribution in [0.3, 0.4) is 0 Å². The van der Waals surface area contributed by atoms with Crippen LogP contribution in [0.15, 0.2) is 12.4 Å². The van der Waals surface area contributed by atoms with Crippen molar-refractivity contribution in [1.29, 1.82) is 0 Å². The second-order valence-electron chi connectivity index (χ2n) is 6.40. The number of morpholine rings is 1. The van der Waals surface area contributed by atoms with Crippen molar-refractivity contribution in [2.24, 2.45) is 0 Å². The van der Waals surface area contributed by atoms with Gasteiger partial charge in [0.2, 0.25) is 0 Å². The molecule has 0 bridgehead atoms. The van der Waals surface area contributed by atoms with Crippen LogP contribution < -0.4 is 5.32 Å². The fourth-order valence-corrected chi connectivity index (χ4v) is 3.13. The molecule has 7 nitrogen and oxygen atoms in total. The molecular weight excluding hydrogens is 292 g/mol. The van der Waals surface area contributed by atoms with E-state index in [9.17, 15) is 0 Å². The van der Waals surface area contributed by atoms with Crippen molar-refractivity contribution in [1.82, 2.24) is 24.5 Å². The van der Waals surface area contributed by atoms with E-state index in [-0.39, 0.29) is 12.2 Å². The maximum Gasteiger partial charge on any atom is 0.254 e. The molecule has 0 spiro atoms. The summed E-state index contributed by atoms with van der Waals surface area (Å²) in [6, 6.07) is 2.47. The zero-order valence-electron chi connectivity index (χ0n) is 14.4. The van der Waals surface area contributed by atoms with Crippen molar-refractivity contribution in [3.63, 3.8) is 0 Å². The molecule has 1 fully saturated rings. The number of ether oxygens (including phenoxy) is 1. The average molecular weight is 318 g/mol. The molecule has 1 aliphatic heterocycles. The first kappa shape index (κ1) is 16.1. The van der Waals surface area contributed by atoms with E-state index in [0.717, 1.165) is 37.6 Å². The Morgan fingerprint density at radius 2 is 2.09 bits per heavy atom. The SMILES string of the molecule is CCc1cc(NC[C@H](C)N2C[C@H](C)O[C@@H](C)C2)n2ncnc2n1. The Hall–Kier alpha value is -1.73. The minimum absolute atomic E-state index is 0.288. The predicted octanol–water partition coefficient (Wildman–Crippen LogP) is 1.60. The predicted molar refractivity (Wildman–Crippen MR) is 89.7 cm³/mol. The number of aromatic nitrogens is 4. The highest BCUT2D eigenvalue weighted by molar-refractivity contribution is 5.45. The van der Waals surface area contributed by atoms with Crippen LogP contribution >= 0.6 is 0 Å². The van der Waals surface area contributed by atoms with Crippen LogP contribution in [0.4, 0.5) is 5.82 Å². The second-order valence-corrected chi connectivity index (χ2v) is 6.40. The van der Waals surface area contributed by atoms with Crippen LogP contribution in [0, 0.1) is 0 Å². The third-order valence-electron chi connectivity index (χ3n) is 4.32. The molecule has 0 unspecified atom stereocenters. The molecule has 1 N–H and O–H groups in total. The summed E-state index contributed by atoms with van der Waals surface area (Å²) >= 11 is 0. The van der Waals surface area contributed by atoms with Crippen molar-refractivity contribution < 1.29 is 4.74 Å². The van der Waals surface area contributed by atoms with Gasteiger partial charge in [-0.1, -0.05) is 6.92 Å². The molecule has 7 heteroatoms. The summed E-state index contributed by atoms with van der Waals surface area (Å²) in [6.45, 7) is 11.4. The summed E-state index contributed by atoms with van der Waals surface area (Å²) in [4.78, 5) is 11.2. The molecule has 23 heavy (non-hydrogen) atoms. The van der Waals surface area contributed by atoms with Crippen LogP contribution in [-0.4, -0.2) is 62.4 Å². The highest BCUT2D eigenvalue weighted by Gasteiger charge is 2.25. The largest absolute Gasteiger partial charge is 0.373 e. The van der Waals surface area contributed by atoms with Gasteiger partial charge < -0.3 is 10.1 Å². The van der Waals surface area contributed by atoms with Gasteiger partial charge in [0.15, 0.2) is 0 Å². The quantitative estimate of drug-likeness (QED) is 0.903. The highest BCUT2D eigenvalue weighted by atomic mass is 16.5. The molecule has 0 aliphatic carbocycles. The van der Waals surface area contributed by atoms with E-state index in [4.69, 9.17) is 4.74 Å². The lowest BCUT2D eigenvalue weighted by Gasteiger charge is -2.39. The molecule has 1 aliphatic rings. The lowest BCUT2D eigenvalue weighted by molar-refractivity contribution is -0.0769. The van der Waals surface area contributed by atoms with E-state index in [1.54, 1.807) is 10.8 Å². The molecule has 2 aromatic rings. The lowest BCUT2D eigenvalue weighted by Crippen LogP contribution is -2.51. The molecular formula is C16H26N6O. The molecule has 126 valence electrons. The van der Waals surface area contributed by atoms with E-state index in [2.05, 4.69) is 59.0 Å². The van der Waals surface area contributed by atoms with E-state index >= 15 is 0 Å². The first-order valence-corrected chi connectivity index (χ1v) is 8.39. The second kappa shape index (κ2) is 6.80. The third-order valence-corrected chi connectivity index (χ3v) is 4.32. The van der Waals surface area contributed by atoms with Crippen LogP contribution in [-0.2, 0) is 11.2 Å². The third kappa shape index (κ3) is 3.61. The monoisotopic (exact) mass is 318 g/mol. The summed E-state index contributed by atoms with van der Waals surface area (Å²) in [5.41, 5.74) is 1.02. The smallest absolute Gasteiger partial charge is 0.254 e. The first-order chi connectivity index (χ1) is 11.1. The van der Waals surface area contributed by atoms with E-state index in [1.165, 1.54) is 0 Å². The Balaban J connectivity index is 1.69. The molecule has 3 heterocycles. The van der Waals surface area contributed by atoms with Gasteiger partial charge in [0.1, 0.15) is 12.1 Å². The van der Waals surface area contributed by atoms with Crippen LogP contribution in [0.5, 0.6) is 0 Å². The average Bonchev–Trinajstić information content (AvgIpc) is 2.99. The number of hydrogen-bond donors (Lipinski definition) is 1. The summed E-state index contributed by atoms with van der Waals surface area (Å²) in [7, 11) is 0. The van der Waals surface area contributed by atoms with Crippen LogP contribution in [0.2, 0.25) is 0 Å². The molecule has 2 aromatic heterocycles. The van der Waals surface area contributed by atoms with Gasteiger partial charge in [-0.3, -0.25) is 4.90 Å². The number of nitrogens with one attached hydrogen (secondary N) is 1. The number of nitrogens with zero attached hydrogens (tertiary/aromatic N) is 5. The minimum atomic E-state index is 0.288. The topological polar surface area (TPSA) is 67.6 Å². The van der Waals surface area contributed by atoms with E-state index < -0.39 is 0 Å². The Morgan fingerprint density at radius 1 is 1.35 bits per heavy atom. The van der Waals surface area contributed by atoms with Gasteiger partial charge in [0.05, 0.1) is 12.2 Å². The van der Waals surface area contributed by atoms with Gasteiger partial charge in [-0.15, -0.1) is 0 Å². The van der Waals surface area contributed by atoms with Gasteiger partial charge in [0.25, 0.3) is 5.78 Å². The summed E-state index contributed by atoms with van der Waals surface area (Å²) in [6.07, 6.45) is 3.00. The lowest BCUT2D eigenvalue weighted by atomic mass is 10.1. The Labute approximate surface area is 137 Å².